The van der Waals surface area contributed by atoms with E-state index in [1.807, 2.05) is 0 Å². The van der Waals surface area contributed by atoms with E-state index in [9.17, 15) is 22.8 Å². The fourth-order valence-corrected chi connectivity index (χ4v) is 2.24. The molecule has 0 saturated carbocycles. The molecule has 0 unspecified atom stereocenters. The lowest BCUT2D eigenvalue weighted by Gasteiger charge is -2.16. The van der Waals surface area contributed by atoms with Crippen molar-refractivity contribution >= 4 is 23.0 Å². The summed E-state index contributed by atoms with van der Waals surface area (Å²) >= 11 is 1.15. The predicted octanol–water partition coefficient (Wildman–Crippen LogP) is 3.63. The van der Waals surface area contributed by atoms with Crippen LogP contribution in [0.25, 0.3) is 0 Å². The first kappa shape index (κ1) is 16.0. The van der Waals surface area contributed by atoms with E-state index in [0.717, 1.165) is 22.4 Å². The highest BCUT2D eigenvalue weighted by Gasteiger charge is 2.36. The number of ketones is 1. The van der Waals surface area contributed by atoms with Gasteiger partial charge in [-0.2, -0.15) is 13.2 Å². The van der Waals surface area contributed by atoms with E-state index < -0.39 is 17.9 Å². The molecule has 2 heterocycles. The summed E-state index contributed by atoms with van der Waals surface area (Å²) in [6, 6.07) is 6.36. The molecule has 0 aliphatic heterocycles. The summed E-state index contributed by atoms with van der Waals surface area (Å²) < 4.78 is 41.8. The topological polar surface area (TPSA) is 50.5 Å². The second-order valence-electron chi connectivity index (χ2n) is 4.17. The van der Waals surface area contributed by atoms with Gasteiger partial charge < -0.3 is 9.32 Å². The summed E-state index contributed by atoms with van der Waals surface area (Å²) in [5.41, 5.74) is 0. The van der Waals surface area contributed by atoms with Crippen LogP contribution < -0.4 is 0 Å². The molecule has 0 saturated heterocycles. The highest BCUT2D eigenvalue weighted by molar-refractivity contribution is 7.12. The Kier molecular flexibility index (Phi) is 4.81. The van der Waals surface area contributed by atoms with Crippen LogP contribution in [0.15, 0.2) is 52.6 Å². The van der Waals surface area contributed by atoms with Crippen molar-refractivity contribution in [2.24, 2.45) is 0 Å². The van der Waals surface area contributed by atoms with Crippen LogP contribution in [0.4, 0.5) is 13.2 Å². The Labute approximate surface area is 127 Å². The van der Waals surface area contributed by atoms with E-state index in [4.69, 9.17) is 4.42 Å². The number of allylic oxidation sites excluding steroid dienone is 1. The van der Waals surface area contributed by atoms with Gasteiger partial charge in [0.1, 0.15) is 5.76 Å². The Morgan fingerprint density at radius 3 is 2.59 bits per heavy atom. The molecule has 116 valence electrons. The van der Waals surface area contributed by atoms with Gasteiger partial charge in [-0.15, -0.1) is 11.3 Å². The molecule has 2 aromatic heterocycles. The molecular formula is C14H10F3NO3S. The SMILES string of the molecule is O=C(c1cccs1)N(/C=C/C(=O)C(F)(F)F)Cc1ccco1. The zero-order chi connectivity index (χ0) is 16.2. The maximum absolute atomic E-state index is 12.2. The largest absolute Gasteiger partial charge is 0.467 e. The molecular weight excluding hydrogens is 319 g/mol. The van der Waals surface area contributed by atoms with Crippen molar-refractivity contribution in [2.45, 2.75) is 12.7 Å². The molecule has 1 amide bonds. The minimum absolute atomic E-state index is 0.0780. The predicted molar refractivity (Wildman–Crippen MR) is 73.1 cm³/mol. The first-order valence-corrected chi connectivity index (χ1v) is 6.92. The lowest BCUT2D eigenvalue weighted by atomic mass is 10.3. The van der Waals surface area contributed by atoms with Crippen molar-refractivity contribution < 1.29 is 27.2 Å². The van der Waals surface area contributed by atoms with E-state index in [1.54, 1.807) is 29.6 Å². The number of alkyl halides is 3. The van der Waals surface area contributed by atoms with Crippen molar-refractivity contribution in [3.63, 3.8) is 0 Å². The number of amides is 1. The quantitative estimate of drug-likeness (QED) is 0.787. The Bertz CT molecular complexity index is 660. The fourth-order valence-electron chi connectivity index (χ4n) is 1.56. The van der Waals surface area contributed by atoms with Gasteiger partial charge in [-0.3, -0.25) is 9.59 Å². The maximum Gasteiger partial charge on any atom is 0.454 e. The van der Waals surface area contributed by atoms with Crippen LogP contribution in [0, 0.1) is 0 Å². The van der Waals surface area contributed by atoms with Crippen LogP contribution in [0.5, 0.6) is 0 Å². The third-order valence-electron chi connectivity index (χ3n) is 2.58. The van der Waals surface area contributed by atoms with Gasteiger partial charge in [0.05, 0.1) is 17.7 Å². The van der Waals surface area contributed by atoms with Gasteiger partial charge in [-0.25, -0.2) is 0 Å². The standard InChI is InChI=1S/C14H10F3NO3S/c15-14(16,17)12(19)5-6-18(9-10-3-1-7-21-10)13(20)11-4-2-8-22-11/h1-8H,9H2/b6-5+. The number of hydrogen-bond donors (Lipinski definition) is 0. The van der Waals surface area contributed by atoms with E-state index >= 15 is 0 Å². The number of carbonyl (C=O) groups excluding carboxylic acids is 2. The van der Waals surface area contributed by atoms with Gasteiger partial charge in [-0.05, 0) is 23.6 Å². The summed E-state index contributed by atoms with van der Waals surface area (Å²) in [6.07, 6.45) is -2.44. The Hall–Kier alpha value is -2.35. The molecule has 2 aromatic rings. The molecule has 0 atom stereocenters. The molecule has 0 radical (unpaired) electrons. The second kappa shape index (κ2) is 6.61. The number of carbonyl (C=O) groups is 2. The number of halogens is 3. The zero-order valence-electron chi connectivity index (χ0n) is 11.0. The molecule has 0 fully saturated rings. The van der Waals surface area contributed by atoms with Crippen molar-refractivity contribution in [1.29, 1.82) is 0 Å². The minimum atomic E-state index is -4.97. The Balaban J connectivity index is 2.20. The summed E-state index contributed by atoms with van der Waals surface area (Å²) in [6.45, 7) is -0.0780. The van der Waals surface area contributed by atoms with Gasteiger partial charge >= 0.3 is 6.18 Å². The van der Waals surface area contributed by atoms with Crippen molar-refractivity contribution in [2.75, 3.05) is 0 Å². The van der Waals surface area contributed by atoms with Crippen LogP contribution >= 0.6 is 11.3 Å². The molecule has 0 aliphatic carbocycles. The Morgan fingerprint density at radius 1 is 1.27 bits per heavy atom. The molecule has 2 rings (SSSR count). The molecule has 0 aliphatic rings. The fraction of sp³-hybridized carbons (Fsp3) is 0.143. The summed E-state index contributed by atoms with van der Waals surface area (Å²) in [5.74, 6) is -2.16. The van der Waals surface area contributed by atoms with E-state index in [-0.39, 0.29) is 6.54 Å². The monoisotopic (exact) mass is 329 g/mol. The lowest BCUT2D eigenvalue weighted by Crippen LogP contribution is -2.26. The van der Waals surface area contributed by atoms with E-state index in [2.05, 4.69) is 0 Å². The molecule has 22 heavy (non-hydrogen) atoms. The summed E-state index contributed by atoms with van der Waals surface area (Å²) in [7, 11) is 0. The molecule has 4 nitrogen and oxygen atoms in total. The first-order valence-electron chi connectivity index (χ1n) is 6.04. The third kappa shape index (κ3) is 4.08. The zero-order valence-corrected chi connectivity index (χ0v) is 11.9. The molecule has 0 spiro atoms. The molecule has 0 aromatic carbocycles. The van der Waals surface area contributed by atoms with Gasteiger partial charge in [0.25, 0.3) is 11.7 Å². The van der Waals surface area contributed by atoms with Crippen LogP contribution in [-0.2, 0) is 11.3 Å². The van der Waals surface area contributed by atoms with E-state index in [0.29, 0.717) is 16.7 Å². The van der Waals surface area contributed by atoms with Crippen molar-refractivity contribution in [3.8, 4) is 0 Å². The Morgan fingerprint density at radius 2 is 2.05 bits per heavy atom. The molecule has 0 bridgehead atoms. The minimum Gasteiger partial charge on any atom is -0.467 e. The lowest BCUT2D eigenvalue weighted by molar-refractivity contribution is -0.165. The van der Waals surface area contributed by atoms with Crippen molar-refractivity contribution in [1.82, 2.24) is 4.90 Å². The van der Waals surface area contributed by atoms with Crippen LogP contribution in [0.3, 0.4) is 0 Å². The number of thiophene rings is 1. The van der Waals surface area contributed by atoms with E-state index in [1.165, 1.54) is 6.26 Å². The van der Waals surface area contributed by atoms with Gasteiger partial charge in [-0.1, -0.05) is 6.07 Å². The van der Waals surface area contributed by atoms with Gasteiger partial charge in [0.2, 0.25) is 0 Å². The normalized spacial score (nSPS) is 11.8. The number of furan rings is 1. The van der Waals surface area contributed by atoms with Crippen LogP contribution in [0.2, 0.25) is 0 Å². The highest BCUT2D eigenvalue weighted by Crippen LogP contribution is 2.18. The van der Waals surface area contributed by atoms with Gasteiger partial charge in [0, 0.05) is 12.3 Å². The number of rotatable bonds is 5. The maximum atomic E-state index is 12.2. The number of nitrogens with zero attached hydrogens (tertiary/aromatic N) is 1. The highest BCUT2D eigenvalue weighted by atomic mass is 32.1. The number of hydrogen-bond acceptors (Lipinski definition) is 4. The first-order chi connectivity index (χ1) is 10.4. The molecule has 0 N–H and O–H groups in total. The van der Waals surface area contributed by atoms with Crippen molar-refractivity contribution in [3.05, 3.63) is 58.8 Å². The van der Waals surface area contributed by atoms with Gasteiger partial charge in [0.15, 0.2) is 0 Å². The smallest absolute Gasteiger partial charge is 0.454 e. The average molecular weight is 329 g/mol. The summed E-state index contributed by atoms with van der Waals surface area (Å²) in [5, 5.41) is 1.67. The molecule has 8 heteroatoms. The average Bonchev–Trinajstić information content (AvgIpc) is 3.13. The summed E-state index contributed by atoms with van der Waals surface area (Å²) in [4.78, 5) is 24.5. The second-order valence-corrected chi connectivity index (χ2v) is 5.12. The third-order valence-corrected chi connectivity index (χ3v) is 3.44. The van der Waals surface area contributed by atoms with Crippen LogP contribution in [-0.4, -0.2) is 22.8 Å². The van der Waals surface area contributed by atoms with Crippen LogP contribution in [0.1, 0.15) is 15.4 Å².